The highest BCUT2D eigenvalue weighted by Crippen LogP contribution is 2.18. The molecular weight excluding hydrogens is 176 g/mol. The van der Waals surface area contributed by atoms with Crippen LogP contribution in [-0.2, 0) is 4.79 Å². The summed E-state index contributed by atoms with van der Waals surface area (Å²) in [6.07, 6.45) is 6.54. The predicted octanol–water partition coefficient (Wildman–Crippen LogP) is 3.10. The van der Waals surface area contributed by atoms with Crippen molar-refractivity contribution >= 4 is 5.97 Å². The van der Waals surface area contributed by atoms with E-state index in [1.165, 1.54) is 0 Å². The van der Waals surface area contributed by atoms with Crippen molar-refractivity contribution in [2.24, 2.45) is 0 Å². The van der Waals surface area contributed by atoms with Crippen LogP contribution in [0.2, 0.25) is 0 Å². The second-order valence-electron chi connectivity index (χ2n) is 2.87. The van der Waals surface area contributed by atoms with E-state index in [0.717, 1.165) is 5.57 Å². The summed E-state index contributed by atoms with van der Waals surface area (Å²) in [5.41, 5.74) is 1.25. The van der Waals surface area contributed by atoms with Crippen LogP contribution in [0.3, 0.4) is 0 Å². The number of allylic oxidation sites excluding steroid dienone is 4. The summed E-state index contributed by atoms with van der Waals surface area (Å²) < 4.78 is 0. The van der Waals surface area contributed by atoms with Crippen molar-refractivity contribution in [1.82, 2.24) is 0 Å². The molecule has 0 aliphatic heterocycles. The Labute approximate surface area is 85.0 Å². The van der Waals surface area contributed by atoms with Crippen LogP contribution in [0.15, 0.2) is 49.1 Å². The molecule has 0 bridgehead atoms. The van der Waals surface area contributed by atoms with E-state index in [-0.39, 0.29) is 0 Å². The van der Waals surface area contributed by atoms with Gasteiger partial charge in [0.1, 0.15) is 0 Å². The lowest BCUT2D eigenvalue weighted by molar-refractivity contribution is -0.132. The van der Waals surface area contributed by atoms with E-state index in [1.807, 2.05) is 0 Å². The van der Waals surface area contributed by atoms with Crippen molar-refractivity contribution in [3.05, 3.63) is 49.1 Å². The van der Waals surface area contributed by atoms with Gasteiger partial charge in [-0.1, -0.05) is 23.8 Å². The number of carboxylic acid groups (broad SMARTS) is 1. The molecule has 0 saturated heterocycles. The Morgan fingerprint density at radius 2 is 1.43 bits per heavy atom. The Bertz CT molecular complexity index is 260. The van der Waals surface area contributed by atoms with E-state index in [2.05, 4.69) is 19.7 Å². The van der Waals surface area contributed by atoms with Crippen molar-refractivity contribution in [2.45, 2.75) is 19.3 Å². The summed E-state index contributed by atoms with van der Waals surface area (Å²) in [5.74, 6) is -0.886. The Hall–Kier alpha value is -1.57. The van der Waals surface area contributed by atoms with Crippen LogP contribution >= 0.6 is 0 Å². The van der Waals surface area contributed by atoms with Crippen molar-refractivity contribution in [2.75, 3.05) is 0 Å². The maximum Gasteiger partial charge on any atom is 0.331 e. The van der Waals surface area contributed by atoms with Crippen LogP contribution in [-0.4, -0.2) is 11.1 Å². The maximum absolute atomic E-state index is 10.9. The molecule has 0 spiro atoms. The molecule has 0 fully saturated rings. The molecule has 0 aromatic heterocycles. The van der Waals surface area contributed by atoms with E-state index in [4.69, 9.17) is 5.11 Å². The fourth-order valence-corrected chi connectivity index (χ4v) is 1.21. The van der Waals surface area contributed by atoms with Crippen molar-refractivity contribution < 1.29 is 9.90 Å². The minimum atomic E-state index is -0.886. The predicted molar refractivity (Wildman–Crippen MR) is 59.1 cm³/mol. The lowest BCUT2D eigenvalue weighted by Gasteiger charge is -2.06. The van der Waals surface area contributed by atoms with E-state index in [0.29, 0.717) is 24.8 Å². The molecule has 0 aromatic carbocycles. The second kappa shape index (κ2) is 6.89. The van der Waals surface area contributed by atoms with E-state index < -0.39 is 5.97 Å². The van der Waals surface area contributed by atoms with Gasteiger partial charge in [0, 0.05) is 5.57 Å². The van der Waals surface area contributed by atoms with Gasteiger partial charge in [0.25, 0.3) is 0 Å². The largest absolute Gasteiger partial charge is 0.478 e. The van der Waals surface area contributed by atoms with Gasteiger partial charge in [-0.3, -0.25) is 0 Å². The third-order valence-corrected chi connectivity index (χ3v) is 1.81. The smallest absolute Gasteiger partial charge is 0.331 e. The normalized spacial score (nSPS) is 8.86. The van der Waals surface area contributed by atoms with E-state index in [1.54, 1.807) is 18.2 Å². The van der Waals surface area contributed by atoms with Crippen molar-refractivity contribution in [3.8, 4) is 0 Å². The monoisotopic (exact) mass is 192 g/mol. The molecule has 2 heteroatoms. The van der Waals surface area contributed by atoms with Crippen LogP contribution in [0, 0.1) is 0 Å². The number of hydrogen-bond acceptors (Lipinski definition) is 1. The summed E-state index contributed by atoms with van der Waals surface area (Å²) in [6, 6.07) is 0. The zero-order valence-electron chi connectivity index (χ0n) is 8.33. The minimum absolute atomic E-state index is 0.381. The number of carbonyl (C=O) groups is 1. The third-order valence-electron chi connectivity index (χ3n) is 1.81. The number of rotatable bonds is 7. The Balaban J connectivity index is 4.99. The third kappa shape index (κ3) is 3.90. The van der Waals surface area contributed by atoms with Crippen LogP contribution < -0.4 is 0 Å². The van der Waals surface area contributed by atoms with Gasteiger partial charge in [0.2, 0.25) is 0 Å². The fraction of sp³-hybridized carbons (Fsp3) is 0.250. The molecule has 14 heavy (non-hydrogen) atoms. The summed E-state index contributed by atoms with van der Waals surface area (Å²) >= 11 is 0. The highest BCUT2D eigenvalue weighted by Gasteiger charge is 2.10. The van der Waals surface area contributed by atoms with Crippen LogP contribution in [0.4, 0.5) is 0 Å². The first-order valence-electron chi connectivity index (χ1n) is 4.44. The zero-order chi connectivity index (χ0) is 11.0. The standard InChI is InChI=1S/C12H16O2/c1-4-7-10(8-5-2)11(9-6-3)12(13)14/h4-6H,1-3,7-9H2,(H,13,14). The second-order valence-corrected chi connectivity index (χ2v) is 2.87. The van der Waals surface area contributed by atoms with Gasteiger partial charge in [-0.15, -0.1) is 19.7 Å². The Morgan fingerprint density at radius 1 is 1.00 bits per heavy atom. The topological polar surface area (TPSA) is 37.3 Å². The molecule has 0 aliphatic rings. The van der Waals surface area contributed by atoms with E-state index in [9.17, 15) is 4.79 Å². The average Bonchev–Trinajstić information content (AvgIpc) is 2.13. The molecule has 2 nitrogen and oxygen atoms in total. The van der Waals surface area contributed by atoms with Crippen LogP contribution in [0.5, 0.6) is 0 Å². The Morgan fingerprint density at radius 3 is 1.71 bits per heavy atom. The Kier molecular flexibility index (Phi) is 6.12. The highest BCUT2D eigenvalue weighted by molar-refractivity contribution is 5.88. The molecule has 76 valence electrons. The van der Waals surface area contributed by atoms with Gasteiger partial charge in [-0.25, -0.2) is 4.79 Å². The van der Waals surface area contributed by atoms with E-state index >= 15 is 0 Å². The molecule has 0 rings (SSSR count). The summed E-state index contributed by atoms with van der Waals surface area (Å²) in [5, 5.41) is 8.95. The quantitative estimate of drug-likeness (QED) is 0.497. The van der Waals surface area contributed by atoms with Crippen LogP contribution in [0.25, 0.3) is 0 Å². The summed E-state index contributed by atoms with van der Waals surface area (Å²) in [4.78, 5) is 10.9. The maximum atomic E-state index is 10.9. The molecule has 0 radical (unpaired) electrons. The molecular formula is C12H16O2. The van der Waals surface area contributed by atoms with Gasteiger partial charge >= 0.3 is 5.97 Å². The fourth-order valence-electron chi connectivity index (χ4n) is 1.21. The van der Waals surface area contributed by atoms with Gasteiger partial charge in [0.05, 0.1) is 0 Å². The molecule has 0 heterocycles. The molecule has 0 unspecified atom stereocenters. The lowest BCUT2D eigenvalue weighted by atomic mass is 9.99. The highest BCUT2D eigenvalue weighted by atomic mass is 16.4. The molecule has 0 aromatic rings. The molecule has 0 atom stereocenters. The van der Waals surface area contributed by atoms with Crippen molar-refractivity contribution in [1.29, 1.82) is 0 Å². The van der Waals surface area contributed by atoms with Gasteiger partial charge in [0.15, 0.2) is 0 Å². The molecule has 0 saturated carbocycles. The van der Waals surface area contributed by atoms with Gasteiger partial charge in [-0.2, -0.15) is 0 Å². The first-order valence-corrected chi connectivity index (χ1v) is 4.44. The number of aliphatic carboxylic acids is 1. The minimum Gasteiger partial charge on any atom is -0.478 e. The summed E-state index contributed by atoms with van der Waals surface area (Å²) in [7, 11) is 0. The number of hydrogen-bond donors (Lipinski definition) is 1. The molecule has 0 aliphatic carbocycles. The lowest BCUT2D eigenvalue weighted by Crippen LogP contribution is -2.03. The number of carboxylic acids is 1. The van der Waals surface area contributed by atoms with Crippen molar-refractivity contribution in [3.63, 3.8) is 0 Å². The summed E-state index contributed by atoms with van der Waals surface area (Å²) in [6.45, 7) is 10.7. The molecule has 1 N–H and O–H groups in total. The SMILES string of the molecule is C=CCC(CC=C)=C(CC=C)C(=O)O. The first kappa shape index (κ1) is 12.4. The van der Waals surface area contributed by atoms with Gasteiger partial charge in [-0.05, 0) is 19.3 Å². The average molecular weight is 192 g/mol. The molecule has 0 amide bonds. The van der Waals surface area contributed by atoms with Crippen LogP contribution in [0.1, 0.15) is 19.3 Å². The van der Waals surface area contributed by atoms with Gasteiger partial charge < -0.3 is 5.11 Å². The zero-order valence-corrected chi connectivity index (χ0v) is 8.33. The first-order chi connectivity index (χ1) is 6.67.